The maximum Gasteiger partial charge on any atom is -0.0151 e. The van der Waals surface area contributed by atoms with Gasteiger partial charge in [0.15, 0.2) is 0 Å². The predicted octanol–water partition coefficient (Wildman–Crippen LogP) is 31.6. The monoisotopic (exact) mass is 1500 g/mol. The quantitative estimate of drug-likeness (QED) is 0.168. The highest BCUT2D eigenvalue weighted by Gasteiger charge is 2.48. The molecule has 0 nitrogen and oxygen atoms in total. The minimum absolute atomic E-state index is 0.720. The standard InChI is InChI=1S/C111H168/c1-2-5-77-18-42-89(43-19-77)101-66-105-71-106(67-101)94-52-28-82(29-53-94)11-14-86-36-60-98(61-37-86)110-73-109-74-111(75-110)99-62-38-87(39-63-99)15-12-84-32-56-96(57-33-84)108-70-103(69-107(72-108)95-54-30-83(31-55-95)10-9-81-26-50-93(105)51-27-81)91-46-22-79(23-47-91)7-3-6-78-20-44-90(45-21-78)102-64-100(88-40-16-76(4-1)17-41-88)65-104(68-102)92-48-24-80(25-49-92)8-13-85-34-58-97(109)59-35-85/h4-15,76-111H,16-75H2/b5-4?,10-9-,13-8-,14-11-,15-12?. The van der Waals surface area contributed by atoms with Crippen molar-refractivity contribution in [3.8, 4) is 0 Å². The molecule has 0 aliphatic heterocycles. The van der Waals surface area contributed by atoms with E-state index >= 15 is 0 Å². The molecule has 42 rings (SSSR count). The predicted molar refractivity (Wildman–Crippen MR) is 468 cm³/mol. The lowest BCUT2D eigenvalue weighted by molar-refractivity contribution is 0.0366. The molecule has 0 aromatic heterocycles. The van der Waals surface area contributed by atoms with Gasteiger partial charge in [-0.25, -0.2) is 0 Å². The summed E-state index contributed by atoms with van der Waals surface area (Å²) in [6.45, 7) is 0. The summed E-state index contributed by atoms with van der Waals surface area (Å²) in [5.41, 5.74) is 11.6. The van der Waals surface area contributed by atoms with Gasteiger partial charge in [0.25, 0.3) is 0 Å². The zero-order valence-corrected chi connectivity index (χ0v) is 71.6. The Hall–Kier alpha value is -2.22. The van der Waals surface area contributed by atoms with Crippen LogP contribution in [0.2, 0.25) is 0 Å². The summed E-state index contributed by atoms with van der Waals surface area (Å²) in [4.78, 5) is 0. The number of hydrogen-bond acceptors (Lipinski definition) is 0. The van der Waals surface area contributed by atoms with Crippen LogP contribution in [0.3, 0.4) is 0 Å². The third-order valence-electron chi connectivity index (χ3n) is 41.1. The van der Waals surface area contributed by atoms with Gasteiger partial charge in [-0.15, -0.1) is 5.73 Å². The second-order valence-corrected chi connectivity index (χ2v) is 46.7. The maximum absolute atomic E-state index is 4.02. The van der Waals surface area contributed by atoms with Gasteiger partial charge in [0, 0.05) is 0 Å². The molecule has 36 bridgehead atoms. The van der Waals surface area contributed by atoms with E-state index in [-0.39, 0.29) is 0 Å². The van der Waals surface area contributed by atoms with Crippen LogP contribution in [0.15, 0.2) is 90.1 Å². The molecule has 111 heavy (non-hydrogen) atoms. The van der Waals surface area contributed by atoms with Gasteiger partial charge < -0.3 is 0 Å². The lowest BCUT2D eigenvalue weighted by Gasteiger charge is -2.47. The molecular formula is C111H168. The Morgan fingerprint density at radius 1 is 0.108 bits per heavy atom. The maximum atomic E-state index is 4.02. The summed E-state index contributed by atoms with van der Waals surface area (Å²) >= 11 is 0. The first-order valence-corrected chi connectivity index (χ1v) is 52.1. The van der Waals surface area contributed by atoms with Gasteiger partial charge in [-0.1, -0.05) is 60.1 Å². The summed E-state index contributed by atoms with van der Waals surface area (Å²) in [6.07, 6.45) is 124. The van der Waals surface area contributed by atoms with Crippen LogP contribution in [0, 0.1) is 213 Å². The first-order valence-electron chi connectivity index (χ1n) is 52.1. The molecule has 0 aromatic rings. The van der Waals surface area contributed by atoms with Crippen LogP contribution in [-0.4, -0.2) is 0 Å². The van der Waals surface area contributed by atoms with E-state index in [1.54, 1.807) is 128 Å². The van der Waals surface area contributed by atoms with Crippen molar-refractivity contribution >= 4 is 0 Å². The summed E-state index contributed by atoms with van der Waals surface area (Å²) in [7, 11) is 0. The minimum Gasteiger partial charge on any atom is -0.129 e. The van der Waals surface area contributed by atoms with Crippen molar-refractivity contribution in [1.82, 2.24) is 0 Å². The number of allylic oxidation sites excluding steroid dienone is 11. The molecule has 0 N–H and O–H groups in total. The molecule has 16 fully saturated rings. The summed E-state index contributed by atoms with van der Waals surface area (Å²) in [5, 5.41) is 0. The molecule has 12 atom stereocenters. The molecule has 42 aliphatic rings. The van der Waals surface area contributed by atoms with E-state index in [2.05, 4.69) is 90.1 Å². The Labute approximate surface area is 684 Å². The normalized spacial score (nSPS) is 50.8. The van der Waals surface area contributed by atoms with Crippen LogP contribution in [0.4, 0.5) is 0 Å². The van der Waals surface area contributed by atoms with Gasteiger partial charge in [0.2, 0.25) is 0 Å². The number of hydrogen-bond donors (Lipinski definition) is 0. The van der Waals surface area contributed by atoms with Crippen molar-refractivity contribution < 1.29 is 0 Å². The lowest BCUT2D eigenvalue weighted by Crippen LogP contribution is -2.37. The minimum atomic E-state index is 0.720. The van der Waals surface area contributed by atoms with Gasteiger partial charge in [0.05, 0.1) is 0 Å². The molecule has 16 saturated carbocycles. The highest BCUT2D eigenvalue weighted by molar-refractivity contribution is 5.08. The van der Waals surface area contributed by atoms with E-state index in [4.69, 9.17) is 0 Å². The third-order valence-corrected chi connectivity index (χ3v) is 41.1. The first-order chi connectivity index (χ1) is 54.8. The van der Waals surface area contributed by atoms with Crippen molar-refractivity contribution in [1.29, 1.82) is 0 Å². The van der Waals surface area contributed by atoms with Crippen molar-refractivity contribution in [3.63, 3.8) is 0 Å². The molecule has 0 spiro atoms. The molecule has 0 saturated heterocycles. The fourth-order valence-electron chi connectivity index (χ4n) is 34.0. The second kappa shape index (κ2) is 37.6. The molecule has 0 heteroatoms. The van der Waals surface area contributed by atoms with Gasteiger partial charge in [0.1, 0.15) is 0 Å². The van der Waals surface area contributed by atoms with Crippen LogP contribution < -0.4 is 0 Å². The van der Waals surface area contributed by atoms with Crippen LogP contribution in [0.25, 0.3) is 0 Å². The second-order valence-electron chi connectivity index (χ2n) is 46.7. The molecule has 0 amide bonds. The lowest BCUT2D eigenvalue weighted by atomic mass is 9.58. The summed E-state index contributed by atoms with van der Waals surface area (Å²) < 4.78 is 0. The Balaban J connectivity index is 0.616. The number of rotatable bonds is 0. The van der Waals surface area contributed by atoms with E-state index < -0.39 is 0 Å². The van der Waals surface area contributed by atoms with Crippen LogP contribution in [-0.2, 0) is 0 Å². The van der Waals surface area contributed by atoms with E-state index in [1.807, 2.05) is 0 Å². The molecule has 0 radical (unpaired) electrons. The average molecular weight is 1500 g/mol. The Kier molecular flexibility index (Phi) is 26.6. The highest BCUT2D eigenvalue weighted by Crippen LogP contribution is 2.59. The zero-order valence-electron chi connectivity index (χ0n) is 71.6. The smallest absolute Gasteiger partial charge is 0.0151 e. The Morgan fingerprint density at radius 3 is 0.342 bits per heavy atom. The van der Waals surface area contributed by atoms with Crippen LogP contribution in [0.1, 0.15) is 385 Å². The molecule has 0 heterocycles. The Bertz CT molecular complexity index is 3120. The zero-order chi connectivity index (χ0) is 73.8. The van der Waals surface area contributed by atoms with E-state index in [9.17, 15) is 0 Å². The van der Waals surface area contributed by atoms with E-state index in [0.717, 1.165) is 213 Å². The third kappa shape index (κ3) is 19.8. The highest BCUT2D eigenvalue weighted by atomic mass is 14.5. The van der Waals surface area contributed by atoms with Gasteiger partial charge in [-0.3, -0.25) is 0 Å². The molecule has 612 valence electrons. The van der Waals surface area contributed by atoms with Crippen molar-refractivity contribution in [2.24, 2.45) is 213 Å². The fraction of sp³-hybridized carbons (Fsp3) is 0.865. The van der Waals surface area contributed by atoms with Crippen LogP contribution in [0.5, 0.6) is 0 Å². The summed E-state index contributed by atoms with van der Waals surface area (Å²) in [5.74, 6) is 33.6. The topological polar surface area (TPSA) is 0 Å². The Morgan fingerprint density at radius 2 is 0.216 bits per heavy atom. The van der Waals surface area contributed by atoms with E-state index in [0.29, 0.717) is 0 Å². The van der Waals surface area contributed by atoms with Gasteiger partial charge in [-0.05, 0) is 623 Å². The van der Waals surface area contributed by atoms with Gasteiger partial charge >= 0.3 is 0 Å². The first kappa shape index (κ1) is 78.6. The average Bonchev–Trinajstić information content (AvgIpc) is 0.813. The summed E-state index contributed by atoms with van der Waals surface area (Å²) in [6, 6.07) is 0. The van der Waals surface area contributed by atoms with E-state index in [1.165, 1.54) is 257 Å². The molecule has 0 aromatic carbocycles. The van der Waals surface area contributed by atoms with Crippen molar-refractivity contribution in [2.45, 2.75) is 385 Å². The van der Waals surface area contributed by atoms with Crippen LogP contribution >= 0.6 is 0 Å². The SMILES string of the molecule is C1=C=CC2CCC(CC2)C2CC3CC(C2)C2CCC(/C=C\C4CCC(CC4)C4CC5CC(C4)C4CCC(/C=C\C6CCC(CC6)C6CC(CC(C6)C6CCC(C=C=CC7CCC(CC7)C7CC(CC(C7)C7CCC(/C=C\C8CCC3CC8)CC7)C3CCC(C=CC7CCC5CC7)CC3)CC6)C3CCC(C=1)CC3)CC4)CC2. The molecule has 42 aliphatic carbocycles. The van der Waals surface area contributed by atoms with Gasteiger partial charge in [-0.2, -0.15) is 0 Å². The largest absolute Gasteiger partial charge is 0.129 e. The molecular weight excluding hydrogens is 1330 g/mol. The fourth-order valence-corrected chi connectivity index (χ4v) is 34.0. The van der Waals surface area contributed by atoms with Crippen molar-refractivity contribution in [2.75, 3.05) is 0 Å². The van der Waals surface area contributed by atoms with Crippen molar-refractivity contribution in [3.05, 3.63) is 90.1 Å². The molecule has 12 unspecified atom stereocenters.